The predicted molar refractivity (Wildman–Crippen MR) is 93.0 cm³/mol. The van der Waals surface area contributed by atoms with Crippen molar-refractivity contribution in [2.75, 3.05) is 6.54 Å². The van der Waals surface area contributed by atoms with Crippen LogP contribution in [-0.4, -0.2) is 40.3 Å². The van der Waals surface area contributed by atoms with Crippen molar-refractivity contribution in [3.63, 3.8) is 0 Å². The molecule has 1 aliphatic heterocycles. The highest BCUT2D eigenvalue weighted by atomic mass is 16.5. The Morgan fingerprint density at radius 2 is 2.04 bits per heavy atom. The second-order valence-electron chi connectivity index (χ2n) is 7.44. The SMILES string of the molecule is CC(C)(O)[C@@H]1CCCN1C(=O)NCc1ccccc1OC1CCC1. The van der Waals surface area contributed by atoms with Crippen LogP contribution in [0.4, 0.5) is 4.79 Å². The minimum absolute atomic E-state index is 0.113. The van der Waals surface area contributed by atoms with E-state index in [1.165, 1.54) is 6.42 Å². The molecule has 5 nitrogen and oxygen atoms in total. The van der Waals surface area contributed by atoms with Crippen molar-refractivity contribution in [2.24, 2.45) is 0 Å². The summed E-state index contributed by atoms with van der Waals surface area (Å²) < 4.78 is 6.01. The standard InChI is InChI=1S/C19H28N2O3/c1-19(2,23)17-11-6-12-21(17)18(22)20-13-14-7-3-4-10-16(14)24-15-8-5-9-15/h3-4,7,10,15,17,23H,5-6,8-9,11-13H2,1-2H3,(H,20,22)/t17-/m0/s1. The highest BCUT2D eigenvalue weighted by Crippen LogP contribution is 2.28. The Morgan fingerprint density at radius 1 is 1.29 bits per heavy atom. The molecule has 0 unspecified atom stereocenters. The largest absolute Gasteiger partial charge is 0.490 e. The molecule has 2 aliphatic rings. The second kappa shape index (κ2) is 7.01. The lowest BCUT2D eigenvalue weighted by Crippen LogP contribution is -2.51. The van der Waals surface area contributed by atoms with Gasteiger partial charge in [0.15, 0.2) is 0 Å². The fourth-order valence-corrected chi connectivity index (χ4v) is 3.45. The van der Waals surface area contributed by atoms with E-state index in [2.05, 4.69) is 5.32 Å². The summed E-state index contributed by atoms with van der Waals surface area (Å²) in [5, 5.41) is 13.2. The predicted octanol–water partition coefficient (Wildman–Crippen LogP) is 3.06. The quantitative estimate of drug-likeness (QED) is 0.871. The van der Waals surface area contributed by atoms with Gasteiger partial charge in [0.1, 0.15) is 5.75 Å². The van der Waals surface area contributed by atoms with Gasteiger partial charge in [-0.25, -0.2) is 4.79 Å². The van der Waals surface area contributed by atoms with Crippen LogP contribution in [0.3, 0.4) is 0 Å². The van der Waals surface area contributed by atoms with Crippen molar-refractivity contribution in [2.45, 2.75) is 70.2 Å². The Balaban J connectivity index is 1.60. The van der Waals surface area contributed by atoms with Gasteiger partial charge >= 0.3 is 6.03 Å². The molecule has 1 saturated carbocycles. The molecule has 0 spiro atoms. The minimum atomic E-state index is -0.876. The van der Waals surface area contributed by atoms with Gasteiger partial charge in [0.2, 0.25) is 0 Å². The van der Waals surface area contributed by atoms with Crippen LogP contribution in [0.2, 0.25) is 0 Å². The van der Waals surface area contributed by atoms with Gasteiger partial charge in [-0.05, 0) is 52.0 Å². The van der Waals surface area contributed by atoms with E-state index in [0.29, 0.717) is 19.2 Å². The highest BCUT2D eigenvalue weighted by molar-refractivity contribution is 5.75. The first-order chi connectivity index (χ1) is 11.4. The zero-order valence-electron chi connectivity index (χ0n) is 14.6. The maximum atomic E-state index is 12.5. The van der Waals surface area contributed by atoms with E-state index in [4.69, 9.17) is 4.74 Å². The van der Waals surface area contributed by atoms with Crippen molar-refractivity contribution in [1.82, 2.24) is 10.2 Å². The summed E-state index contributed by atoms with van der Waals surface area (Å²) in [6.07, 6.45) is 5.56. The molecule has 1 atom stereocenters. The molecule has 132 valence electrons. The molecule has 1 aliphatic carbocycles. The molecular formula is C19H28N2O3. The number of amides is 2. The first-order valence-corrected chi connectivity index (χ1v) is 8.96. The summed E-state index contributed by atoms with van der Waals surface area (Å²) in [5.41, 5.74) is 0.121. The van der Waals surface area contributed by atoms with Crippen molar-refractivity contribution in [3.05, 3.63) is 29.8 Å². The van der Waals surface area contributed by atoms with Crippen molar-refractivity contribution in [3.8, 4) is 5.75 Å². The van der Waals surface area contributed by atoms with E-state index in [9.17, 15) is 9.90 Å². The first-order valence-electron chi connectivity index (χ1n) is 8.96. The number of para-hydroxylation sites is 1. The first kappa shape index (κ1) is 17.1. The number of rotatable bonds is 5. The zero-order chi connectivity index (χ0) is 17.2. The number of benzene rings is 1. The minimum Gasteiger partial charge on any atom is -0.490 e. The fourth-order valence-electron chi connectivity index (χ4n) is 3.45. The van der Waals surface area contributed by atoms with Gasteiger partial charge in [0, 0.05) is 18.7 Å². The third kappa shape index (κ3) is 3.83. The summed E-state index contributed by atoms with van der Waals surface area (Å²) >= 11 is 0. The van der Waals surface area contributed by atoms with E-state index >= 15 is 0 Å². The molecule has 0 radical (unpaired) electrons. The molecule has 2 fully saturated rings. The van der Waals surface area contributed by atoms with Crippen LogP contribution in [0.5, 0.6) is 5.75 Å². The molecule has 0 bridgehead atoms. The molecular weight excluding hydrogens is 304 g/mol. The molecule has 0 aromatic heterocycles. The maximum Gasteiger partial charge on any atom is 0.318 e. The number of hydrogen-bond donors (Lipinski definition) is 2. The average molecular weight is 332 g/mol. The topological polar surface area (TPSA) is 61.8 Å². The van der Waals surface area contributed by atoms with E-state index in [0.717, 1.165) is 37.0 Å². The Hall–Kier alpha value is -1.75. The molecule has 1 saturated heterocycles. The van der Waals surface area contributed by atoms with Crippen LogP contribution < -0.4 is 10.1 Å². The monoisotopic (exact) mass is 332 g/mol. The number of aliphatic hydroxyl groups is 1. The number of ether oxygens (including phenoxy) is 1. The third-order valence-electron chi connectivity index (χ3n) is 5.08. The van der Waals surface area contributed by atoms with Gasteiger partial charge in [-0.1, -0.05) is 18.2 Å². The maximum absolute atomic E-state index is 12.5. The Bertz CT molecular complexity index is 578. The highest BCUT2D eigenvalue weighted by Gasteiger charge is 2.38. The number of nitrogens with one attached hydrogen (secondary N) is 1. The van der Waals surface area contributed by atoms with Crippen LogP contribution in [0.1, 0.15) is 51.5 Å². The van der Waals surface area contributed by atoms with Crippen LogP contribution in [0.25, 0.3) is 0 Å². The number of carbonyl (C=O) groups excluding carboxylic acids is 1. The lowest BCUT2D eigenvalue weighted by Gasteiger charge is -2.33. The van der Waals surface area contributed by atoms with E-state index < -0.39 is 5.60 Å². The summed E-state index contributed by atoms with van der Waals surface area (Å²) in [4.78, 5) is 14.3. The van der Waals surface area contributed by atoms with E-state index in [-0.39, 0.29) is 12.1 Å². The fraction of sp³-hybridized carbons (Fsp3) is 0.632. The molecule has 1 aromatic rings. The van der Waals surface area contributed by atoms with Crippen molar-refractivity contribution < 1.29 is 14.6 Å². The molecule has 2 amide bonds. The summed E-state index contributed by atoms with van der Waals surface area (Å²) in [6.45, 7) is 4.67. The summed E-state index contributed by atoms with van der Waals surface area (Å²) in [7, 11) is 0. The van der Waals surface area contributed by atoms with Crippen molar-refractivity contribution >= 4 is 6.03 Å². The smallest absolute Gasteiger partial charge is 0.318 e. The lowest BCUT2D eigenvalue weighted by atomic mass is 9.96. The lowest BCUT2D eigenvalue weighted by molar-refractivity contribution is 0.00977. The Labute approximate surface area is 144 Å². The number of likely N-dealkylation sites (tertiary alicyclic amines) is 1. The van der Waals surface area contributed by atoms with Gasteiger partial charge in [-0.15, -0.1) is 0 Å². The summed E-state index contributed by atoms with van der Waals surface area (Å²) in [5.74, 6) is 0.864. The van der Waals surface area contributed by atoms with Crippen LogP contribution >= 0.6 is 0 Å². The molecule has 2 N–H and O–H groups in total. The Morgan fingerprint density at radius 3 is 2.71 bits per heavy atom. The molecule has 5 heteroatoms. The molecule has 1 heterocycles. The van der Waals surface area contributed by atoms with E-state index in [1.807, 2.05) is 24.3 Å². The van der Waals surface area contributed by atoms with Crippen LogP contribution in [0.15, 0.2) is 24.3 Å². The van der Waals surface area contributed by atoms with Crippen molar-refractivity contribution in [1.29, 1.82) is 0 Å². The van der Waals surface area contributed by atoms with Gasteiger partial charge < -0.3 is 20.1 Å². The van der Waals surface area contributed by atoms with Crippen LogP contribution in [-0.2, 0) is 6.54 Å². The van der Waals surface area contributed by atoms with Gasteiger partial charge in [-0.2, -0.15) is 0 Å². The normalized spacial score (nSPS) is 21.5. The van der Waals surface area contributed by atoms with Gasteiger partial charge in [0.05, 0.1) is 17.7 Å². The van der Waals surface area contributed by atoms with Gasteiger partial charge in [0.25, 0.3) is 0 Å². The number of nitrogens with zero attached hydrogens (tertiary/aromatic N) is 1. The number of hydrogen-bond acceptors (Lipinski definition) is 3. The molecule has 3 rings (SSSR count). The number of carbonyl (C=O) groups is 1. The van der Waals surface area contributed by atoms with Gasteiger partial charge in [-0.3, -0.25) is 0 Å². The Kier molecular flexibility index (Phi) is 4.99. The number of urea groups is 1. The molecule has 1 aromatic carbocycles. The summed E-state index contributed by atoms with van der Waals surface area (Å²) in [6, 6.07) is 7.65. The third-order valence-corrected chi connectivity index (χ3v) is 5.08. The zero-order valence-corrected chi connectivity index (χ0v) is 14.6. The van der Waals surface area contributed by atoms with E-state index in [1.54, 1.807) is 18.7 Å². The average Bonchev–Trinajstić information content (AvgIpc) is 2.99. The van der Waals surface area contributed by atoms with Crippen LogP contribution in [0, 0.1) is 0 Å². The molecule has 24 heavy (non-hydrogen) atoms. The second-order valence-corrected chi connectivity index (χ2v) is 7.44.